The van der Waals surface area contributed by atoms with Gasteiger partial charge in [0.25, 0.3) is 0 Å². The molecule has 1 amide bonds. The molecule has 0 unspecified atom stereocenters. The number of hydrogen-bond donors (Lipinski definition) is 1. The van der Waals surface area contributed by atoms with E-state index in [4.69, 9.17) is 9.47 Å². The maximum absolute atomic E-state index is 13.0. The number of amides is 1. The van der Waals surface area contributed by atoms with Gasteiger partial charge in [0.2, 0.25) is 26.0 Å². The van der Waals surface area contributed by atoms with E-state index in [0.717, 1.165) is 11.6 Å². The highest BCUT2D eigenvalue weighted by molar-refractivity contribution is 7.94. The van der Waals surface area contributed by atoms with Crippen molar-refractivity contribution in [2.75, 3.05) is 30.8 Å². The molecule has 1 aliphatic rings. The largest absolute Gasteiger partial charge is 0.496 e. The van der Waals surface area contributed by atoms with Crippen LogP contribution in [0, 0.1) is 5.92 Å². The standard InChI is InChI=1S/C20H24N2O7S2/c1-14-13-30(24,25)22(20(14)23)16-8-9-18(29-3)19(12-16)31(26,27)21-11-10-15-6-4-5-7-17(15)28-2/h4-9,12,14,21H,10-11,13H2,1-3H3/t14-/m1/s1. The number of benzene rings is 2. The van der Waals surface area contributed by atoms with Crippen LogP contribution in [0.3, 0.4) is 0 Å². The Labute approximate surface area is 182 Å². The molecule has 9 nitrogen and oxygen atoms in total. The SMILES string of the molecule is COc1ccccc1CCNS(=O)(=O)c1cc(N2C(=O)[C@H](C)CS2(=O)=O)ccc1OC. The molecule has 1 fully saturated rings. The molecule has 3 rings (SSSR count). The molecular weight excluding hydrogens is 444 g/mol. The van der Waals surface area contributed by atoms with Gasteiger partial charge in [0.05, 0.1) is 31.6 Å². The molecule has 168 valence electrons. The second-order valence-corrected chi connectivity index (χ2v) is 10.7. The lowest BCUT2D eigenvalue weighted by Crippen LogP contribution is -2.31. The predicted molar refractivity (Wildman–Crippen MR) is 115 cm³/mol. The summed E-state index contributed by atoms with van der Waals surface area (Å²) in [7, 11) is -5.08. The monoisotopic (exact) mass is 468 g/mol. The first-order valence-corrected chi connectivity index (χ1v) is 12.6. The minimum atomic E-state index is -4.06. The van der Waals surface area contributed by atoms with Gasteiger partial charge >= 0.3 is 0 Å². The summed E-state index contributed by atoms with van der Waals surface area (Å²) in [5, 5.41) is 0. The fourth-order valence-corrected chi connectivity index (χ4v) is 6.43. The summed E-state index contributed by atoms with van der Waals surface area (Å²) in [6.45, 7) is 1.59. The molecule has 1 atom stereocenters. The quantitative estimate of drug-likeness (QED) is 0.624. The van der Waals surface area contributed by atoms with Crippen LogP contribution < -0.4 is 18.5 Å². The zero-order valence-electron chi connectivity index (χ0n) is 17.4. The first-order chi connectivity index (χ1) is 14.6. The van der Waals surface area contributed by atoms with Crippen LogP contribution in [0.1, 0.15) is 12.5 Å². The number of nitrogens with zero attached hydrogens (tertiary/aromatic N) is 1. The lowest BCUT2D eigenvalue weighted by molar-refractivity contribution is -0.119. The summed E-state index contributed by atoms with van der Waals surface area (Å²) in [4.78, 5) is 12.1. The van der Waals surface area contributed by atoms with Crippen molar-refractivity contribution >= 4 is 31.6 Å². The van der Waals surface area contributed by atoms with Crippen molar-refractivity contribution in [1.29, 1.82) is 0 Å². The van der Waals surface area contributed by atoms with E-state index in [0.29, 0.717) is 16.5 Å². The zero-order valence-corrected chi connectivity index (χ0v) is 19.0. The number of para-hydroxylation sites is 1. The zero-order chi connectivity index (χ0) is 22.8. The van der Waals surface area contributed by atoms with Crippen molar-refractivity contribution in [1.82, 2.24) is 4.72 Å². The molecule has 0 aliphatic carbocycles. The number of rotatable bonds is 8. The van der Waals surface area contributed by atoms with Crippen molar-refractivity contribution < 1.29 is 31.1 Å². The fourth-order valence-electron chi connectivity index (χ4n) is 3.40. The highest BCUT2D eigenvalue weighted by Gasteiger charge is 2.42. The van der Waals surface area contributed by atoms with Crippen molar-refractivity contribution in [3.05, 3.63) is 48.0 Å². The van der Waals surface area contributed by atoms with E-state index >= 15 is 0 Å². The van der Waals surface area contributed by atoms with E-state index in [-0.39, 0.29) is 28.6 Å². The third-order valence-electron chi connectivity index (χ3n) is 4.91. The van der Waals surface area contributed by atoms with Crippen molar-refractivity contribution in [3.8, 4) is 11.5 Å². The lowest BCUT2D eigenvalue weighted by atomic mass is 10.1. The molecular formula is C20H24N2O7S2. The Hall–Kier alpha value is -2.63. The van der Waals surface area contributed by atoms with Gasteiger partial charge in [-0.3, -0.25) is 4.79 Å². The Morgan fingerprint density at radius 1 is 1.10 bits per heavy atom. The van der Waals surface area contributed by atoms with Gasteiger partial charge in [0.1, 0.15) is 16.4 Å². The summed E-state index contributed by atoms with van der Waals surface area (Å²) in [5.74, 6) is -0.945. The van der Waals surface area contributed by atoms with Crippen molar-refractivity contribution in [2.24, 2.45) is 5.92 Å². The molecule has 1 aliphatic heterocycles. The van der Waals surface area contributed by atoms with E-state index in [1.165, 1.54) is 33.3 Å². The van der Waals surface area contributed by atoms with E-state index in [1.54, 1.807) is 6.07 Å². The molecule has 1 heterocycles. The first-order valence-electron chi connectivity index (χ1n) is 9.47. The van der Waals surface area contributed by atoms with Gasteiger partial charge in [-0.25, -0.2) is 25.9 Å². The number of ether oxygens (including phenoxy) is 2. The molecule has 0 spiro atoms. The third kappa shape index (κ3) is 4.68. The number of carbonyl (C=O) groups excluding carboxylic acids is 1. The molecule has 0 bridgehead atoms. The average Bonchev–Trinajstić information content (AvgIpc) is 2.94. The van der Waals surface area contributed by atoms with Gasteiger partial charge in [0, 0.05) is 6.54 Å². The molecule has 0 aromatic heterocycles. The van der Waals surface area contributed by atoms with Crippen LogP contribution in [0.2, 0.25) is 0 Å². The second-order valence-electron chi connectivity index (χ2n) is 7.08. The number of carbonyl (C=O) groups is 1. The lowest BCUT2D eigenvalue weighted by Gasteiger charge is -2.18. The van der Waals surface area contributed by atoms with Gasteiger partial charge < -0.3 is 9.47 Å². The van der Waals surface area contributed by atoms with Crippen LogP contribution in [-0.2, 0) is 31.3 Å². The minimum Gasteiger partial charge on any atom is -0.496 e. The second kappa shape index (κ2) is 8.85. The molecule has 0 saturated carbocycles. The van der Waals surface area contributed by atoms with Gasteiger partial charge in [0.15, 0.2) is 0 Å². The Balaban J connectivity index is 1.88. The van der Waals surface area contributed by atoms with Crippen LogP contribution in [0.4, 0.5) is 5.69 Å². The molecule has 31 heavy (non-hydrogen) atoms. The highest BCUT2D eigenvalue weighted by Crippen LogP contribution is 2.33. The minimum absolute atomic E-state index is 0.0330. The smallest absolute Gasteiger partial charge is 0.244 e. The first kappa shape index (κ1) is 23.0. The van der Waals surface area contributed by atoms with Crippen molar-refractivity contribution in [2.45, 2.75) is 18.2 Å². The predicted octanol–water partition coefficient (Wildman–Crippen LogP) is 1.54. The summed E-state index contributed by atoms with van der Waals surface area (Å²) in [6, 6.07) is 11.1. The van der Waals surface area contributed by atoms with Gasteiger partial charge in [-0.05, 0) is 36.2 Å². The number of sulfonamides is 2. The van der Waals surface area contributed by atoms with Gasteiger partial charge in [-0.2, -0.15) is 0 Å². The van der Waals surface area contributed by atoms with Crippen LogP contribution in [0.15, 0.2) is 47.4 Å². The molecule has 1 N–H and O–H groups in total. The number of nitrogens with one attached hydrogen (secondary N) is 1. The van der Waals surface area contributed by atoms with Crippen LogP contribution >= 0.6 is 0 Å². The Morgan fingerprint density at radius 2 is 1.77 bits per heavy atom. The maximum atomic E-state index is 13.0. The van der Waals surface area contributed by atoms with Crippen LogP contribution in [-0.4, -0.2) is 49.3 Å². The van der Waals surface area contributed by atoms with Crippen LogP contribution in [0.25, 0.3) is 0 Å². The average molecular weight is 469 g/mol. The Kier molecular flexibility index (Phi) is 6.58. The van der Waals surface area contributed by atoms with E-state index in [9.17, 15) is 21.6 Å². The summed E-state index contributed by atoms with van der Waals surface area (Å²) in [5.41, 5.74) is 0.788. The fraction of sp³-hybridized carbons (Fsp3) is 0.350. The van der Waals surface area contributed by atoms with Gasteiger partial charge in [-0.15, -0.1) is 0 Å². The topological polar surface area (TPSA) is 119 Å². The summed E-state index contributed by atoms with van der Waals surface area (Å²) >= 11 is 0. The van der Waals surface area contributed by atoms with E-state index in [2.05, 4.69) is 4.72 Å². The normalized spacial score (nSPS) is 18.2. The highest BCUT2D eigenvalue weighted by atomic mass is 32.2. The van der Waals surface area contributed by atoms with E-state index in [1.807, 2.05) is 18.2 Å². The van der Waals surface area contributed by atoms with E-state index < -0.39 is 31.9 Å². The number of anilines is 1. The molecule has 1 saturated heterocycles. The molecule has 2 aromatic carbocycles. The number of hydrogen-bond acceptors (Lipinski definition) is 7. The molecule has 2 aromatic rings. The molecule has 11 heteroatoms. The Morgan fingerprint density at radius 3 is 2.39 bits per heavy atom. The summed E-state index contributed by atoms with van der Waals surface area (Å²) in [6.07, 6.45) is 0.377. The Bertz CT molecular complexity index is 1190. The number of methoxy groups -OCH3 is 2. The third-order valence-corrected chi connectivity index (χ3v) is 8.26. The molecule has 0 radical (unpaired) electrons. The maximum Gasteiger partial charge on any atom is 0.244 e. The summed E-state index contributed by atoms with van der Waals surface area (Å²) < 4.78 is 64.3. The van der Waals surface area contributed by atoms with Gasteiger partial charge in [-0.1, -0.05) is 25.1 Å². The van der Waals surface area contributed by atoms with Crippen LogP contribution in [0.5, 0.6) is 11.5 Å². The van der Waals surface area contributed by atoms with Crippen molar-refractivity contribution in [3.63, 3.8) is 0 Å².